The van der Waals surface area contributed by atoms with Gasteiger partial charge in [-0.05, 0) is 49.4 Å². The molecule has 0 bridgehead atoms. The van der Waals surface area contributed by atoms with E-state index in [2.05, 4.69) is 30.6 Å². The predicted octanol–water partition coefficient (Wildman–Crippen LogP) is 2.22. The molecule has 5 atom stereocenters. The minimum Gasteiger partial charge on any atom is -0.351 e. The molecule has 3 rings (SSSR count). The first-order chi connectivity index (χ1) is 13.7. The minimum atomic E-state index is -0.748. The van der Waals surface area contributed by atoms with Crippen LogP contribution in [0.15, 0.2) is 0 Å². The minimum absolute atomic E-state index is 0.00363. The van der Waals surface area contributed by atoms with Gasteiger partial charge in [-0.1, -0.05) is 34.6 Å². The van der Waals surface area contributed by atoms with Crippen molar-refractivity contribution in [3.63, 3.8) is 0 Å². The Hall–Kier alpha value is -2.10. The van der Waals surface area contributed by atoms with E-state index >= 15 is 0 Å². The summed E-state index contributed by atoms with van der Waals surface area (Å²) in [5.41, 5.74) is -0.422. The molecule has 166 valence electrons. The van der Waals surface area contributed by atoms with Crippen molar-refractivity contribution in [2.75, 3.05) is 6.54 Å². The third-order valence-corrected chi connectivity index (χ3v) is 7.06. The fraction of sp³-hybridized carbons (Fsp3) is 0.826. The first-order valence-electron chi connectivity index (χ1n) is 11.0. The van der Waals surface area contributed by atoms with Gasteiger partial charge >= 0.3 is 0 Å². The monoisotopic (exact) mass is 416 g/mol. The largest absolute Gasteiger partial charge is 0.351 e. The van der Waals surface area contributed by atoms with Gasteiger partial charge in [-0.3, -0.25) is 14.4 Å². The Bertz CT molecular complexity index is 789. The number of nitrogens with one attached hydrogen (secondary N) is 2. The van der Waals surface area contributed by atoms with Crippen molar-refractivity contribution in [1.82, 2.24) is 15.5 Å². The SMILES string of the molecule is CC(C)(C)CC(=O)N1C[C@H]2[C@@H]([C@H]1C(=O)N[C@H](C#N)CC1CC(C)(C)NC1=O)C2(C)C. The number of nitrogens with zero attached hydrogens (tertiary/aromatic N) is 2. The van der Waals surface area contributed by atoms with Crippen molar-refractivity contribution in [1.29, 1.82) is 5.26 Å². The Balaban J connectivity index is 1.70. The highest BCUT2D eigenvalue weighted by Gasteiger charge is 2.69. The van der Waals surface area contributed by atoms with E-state index in [9.17, 15) is 19.6 Å². The number of fused-ring (bicyclic) bond motifs is 1. The fourth-order valence-corrected chi connectivity index (χ4v) is 5.47. The Morgan fingerprint density at radius 2 is 1.93 bits per heavy atom. The highest BCUT2D eigenvalue weighted by molar-refractivity contribution is 5.90. The van der Waals surface area contributed by atoms with Crippen molar-refractivity contribution in [2.45, 2.75) is 85.4 Å². The number of piperidine rings is 1. The van der Waals surface area contributed by atoms with Crippen LogP contribution in [0.25, 0.3) is 0 Å². The molecular weight excluding hydrogens is 380 g/mol. The zero-order valence-corrected chi connectivity index (χ0v) is 19.3. The van der Waals surface area contributed by atoms with Crippen LogP contribution in [0.3, 0.4) is 0 Å². The van der Waals surface area contributed by atoms with Gasteiger partial charge < -0.3 is 15.5 Å². The summed E-state index contributed by atoms with van der Waals surface area (Å²) in [4.78, 5) is 40.1. The van der Waals surface area contributed by atoms with Gasteiger partial charge in [0.25, 0.3) is 0 Å². The number of likely N-dealkylation sites (tertiary alicyclic amines) is 1. The van der Waals surface area contributed by atoms with E-state index in [4.69, 9.17) is 0 Å². The number of amides is 3. The van der Waals surface area contributed by atoms with E-state index in [1.165, 1.54) is 0 Å². The topological polar surface area (TPSA) is 102 Å². The predicted molar refractivity (Wildman–Crippen MR) is 113 cm³/mol. The first kappa shape index (κ1) is 22.6. The molecule has 1 aliphatic carbocycles. The van der Waals surface area contributed by atoms with Crippen LogP contribution in [0, 0.1) is 39.9 Å². The standard InChI is InChI=1S/C23H36N4O3/c1-21(2,3)10-16(28)27-12-15-17(23(15,6)7)18(27)20(30)25-14(11-24)8-13-9-22(4,5)26-19(13)29/h13-15,17-18H,8-10,12H2,1-7H3,(H,25,30)(H,26,29)/t13?,14-,15-,17-,18-/m0/s1. The zero-order chi connectivity index (χ0) is 22.6. The Kier molecular flexibility index (Phi) is 5.46. The average molecular weight is 417 g/mol. The summed E-state index contributed by atoms with van der Waals surface area (Å²) >= 11 is 0. The zero-order valence-electron chi connectivity index (χ0n) is 19.3. The summed E-state index contributed by atoms with van der Waals surface area (Å²) in [6.45, 7) is 14.8. The van der Waals surface area contributed by atoms with E-state index in [0.717, 1.165) is 0 Å². The second-order valence-corrected chi connectivity index (χ2v) is 11.9. The lowest BCUT2D eigenvalue weighted by molar-refractivity contribution is -0.141. The van der Waals surface area contributed by atoms with Gasteiger partial charge in [0.15, 0.2) is 0 Å². The lowest BCUT2D eigenvalue weighted by Crippen LogP contribution is -2.52. The Labute approximate surface area is 179 Å². The lowest BCUT2D eigenvalue weighted by atomic mass is 9.90. The highest BCUT2D eigenvalue weighted by Crippen LogP contribution is 2.65. The molecule has 3 amide bonds. The molecule has 0 radical (unpaired) electrons. The maximum Gasteiger partial charge on any atom is 0.244 e. The third kappa shape index (κ3) is 4.33. The highest BCUT2D eigenvalue weighted by atomic mass is 16.2. The summed E-state index contributed by atoms with van der Waals surface area (Å²) < 4.78 is 0. The van der Waals surface area contributed by atoms with Crippen LogP contribution in [0.1, 0.15) is 67.7 Å². The van der Waals surface area contributed by atoms with Crippen molar-refractivity contribution in [2.24, 2.45) is 28.6 Å². The molecule has 30 heavy (non-hydrogen) atoms. The number of hydrogen-bond donors (Lipinski definition) is 2. The molecule has 2 aliphatic heterocycles. The molecule has 0 spiro atoms. The van der Waals surface area contributed by atoms with Gasteiger partial charge in [0.1, 0.15) is 12.1 Å². The van der Waals surface area contributed by atoms with E-state index in [-0.39, 0.29) is 52.3 Å². The number of nitriles is 1. The summed E-state index contributed by atoms with van der Waals surface area (Å²) in [5, 5.41) is 15.4. The van der Waals surface area contributed by atoms with Crippen LogP contribution in [-0.2, 0) is 14.4 Å². The molecule has 3 aliphatic rings. The number of carbonyl (C=O) groups excluding carboxylic acids is 3. The van der Waals surface area contributed by atoms with Crippen LogP contribution >= 0.6 is 0 Å². The van der Waals surface area contributed by atoms with Gasteiger partial charge in [0, 0.05) is 24.4 Å². The molecule has 3 fully saturated rings. The first-order valence-corrected chi connectivity index (χ1v) is 11.0. The van der Waals surface area contributed by atoms with Crippen LogP contribution in [-0.4, -0.2) is 46.8 Å². The smallest absolute Gasteiger partial charge is 0.244 e. The molecule has 1 unspecified atom stereocenters. The summed E-state index contributed by atoms with van der Waals surface area (Å²) in [6, 6.07) is 0.862. The van der Waals surface area contributed by atoms with Crippen molar-refractivity contribution < 1.29 is 14.4 Å². The molecule has 0 aromatic heterocycles. The van der Waals surface area contributed by atoms with Crippen LogP contribution in [0.4, 0.5) is 0 Å². The number of rotatable bonds is 5. The molecule has 2 N–H and O–H groups in total. The van der Waals surface area contributed by atoms with Gasteiger partial charge in [0.05, 0.1) is 6.07 Å². The summed E-state index contributed by atoms with van der Waals surface area (Å²) in [5.74, 6) is -0.192. The fourth-order valence-electron chi connectivity index (χ4n) is 5.47. The summed E-state index contributed by atoms with van der Waals surface area (Å²) in [6.07, 6.45) is 1.31. The second kappa shape index (κ2) is 7.25. The van der Waals surface area contributed by atoms with Gasteiger partial charge in [0.2, 0.25) is 17.7 Å². The van der Waals surface area contributed by atoms with Crippen molar-refractivity contribution in [3.05, 3.63) is 0 Å². The normalized spacial score (nSPS) is 32.1. The average Bonchev–Trinajstić information content (AvgIpc) is 2.90. The molecular formula is C23H36N4O3. The van der Waals surface area contributed by atoms with Gasteiger partial charge in [-0.25, -0.2) is 0 Å². The van der Waals surface area contributed by atoms with Crippen molar-refractivity contribution in [3.8, 4) is 6.07 Å². The quantitative estimate of drug-likeness (QED) is 0.717. The molecule has 0 aromatic rings. The van der Waals surface area contributed by atoms with E-state index < -0.39 is 12.1 Å². The Morgan fingerprint density at radius 3 is 2.43 bits per heavy atom. The molecule has 7 heteroatoms. The van der Waals surface area contributed by atoms with E-state index in [0.29, 0.717) is 25.3 Å². The molecule has 2 saturated heterocycles. The van der Waals surface area contributed by atoms with E-state index in [1.807, 2.05) is 34.6 Å². The maximum absolute atomic E-state index is 13.2. The van der Waals surface area contributed by atoms with Gasteiger partial charge in [-0.15, -0.1) is 0 Å². The number of hydrogen-bond acceptors (Lipinski definition) is 4. The molecule has 2 heterocycles. The molecule has 0 aromatic carbocycles. The molecule has 1 saturated carbocycles. The summed E-state index contributed by atoms with van der Waals surface area (Å²) in [7, 11) is 0. The van der Waals surface area contributed by atoms with Crippen LogP contribution in [0.2, 0.25) is 0 Å². The van der Waals surface area contributed by atoms with Crippen molar-refractivity contribution >= 4 is 17.7 Å². The molecule has 7 nitrogen and oxygen atoms in total. The lowest BCUT2D eigenvalue weighted by Gasteiger charge is -2.32. The van der Waals surface area contributed by atoms with E-state index in [1.54, 1.807) is 4.90 Å². The number of carbonyl (C=O) groups is 3. The third-order valence-electron chi connectivity index (χ3n) is 7.06. The second-order valence-electron chi connectivity index (χ2n) is 11.9. The maximum atomic E-state index is 13.2. The Morgan fingerprint density at radius 1 is 1.30 bits per heavy atom. The van der Waals surface area contributed by atoms with Gasteiger partial charge in [-0.2, -0.15) is 5.26 Å². The van der Waals surface area contributed by atoms with Crippen LogP contribution in [0.5, 0.6) is 0 Å². The van der Waals surface area contributed by atoms with Crippen LogP contribution < -0.4 is 10.6 Å².